The molecule has 0 saturated heterocycles. The third kappa shape index (κ3) is 2.17. The van der Waals surface area contributed by atoms with Crippen LogP contribution in [0.5, 0.6) is 0 Å². The lowest BCUT2D eigenvalue weighted by Crippen LogP contribution is -2.24. The van der Waals surface area contributed by atoms with Crippen LogP contribution in [0.1, 0.15) is 37.3 Å². The minimum Gasteiger partial charge on any atom is -0.307 e. The smallest absolute Gasteiger partial charge is 0.181 e. The van der Waals surface area contributed by atoms with Gasteiger partial charge in [0.1, 0.15) is 10.7 Å². The highest BCUT2D eigenvalue weighted by molar-refractivity contribution is 7.91. The van der Waals surface area contributed by atoms with Crippen LogP contribution < -0.4 is 5.32 Å². The van der Waals surface area contributed by atoms with Crippen molar-refractivity contribution in [2.24, 2.45) is 0 Å². The van der Waals surface area contributed by atoms with Gasteiger partial charge in [0.2, 0.25) is 0 Å². The Kier molecular flexibility index (Phi) is 2.90. The molecule has 1 atom stereocenters. The van der Waals surface area contributed by atoms with Crippen LogP contribution in [0.25, 0.3) is 0 Å². The van der Waals surface area contributed by atoms with Crippen LogP contribution >= 0.6 is 0 Å². The molecule has 1 aromatic carbocycles. The van der Waals surface area contributed by atoms with Crippen molar-refractivity contribution in [1.29, 1.82) is 0 Å². The summed E-state index contributed by atoms with van der Waals surface area (Å²) in [4.78, 5) is -0.0827. The number of rotatable bonds is 2. The topological polar surface area (TPSA) is 46.2 Å². The van der Waals surface area contributed by atoms with Crippen molar-refractivity contribution in [3.05, 3.63) is 29.6 Å². The zero-order valence-electron chi connectivity index (χ0n) is 10.0. The molecule has 0 radical (unpaired) electrons. The summed E-state index contributed by atoms with van der Waals surface area (Å²) >= 11 is 0. The molecule has 1 saturated carbocycles. The van der Waals surface area contributed by atoms with Gasteiger partial charge in [-0.2, -0.15) is 0 Å². The Bertz CT molecular complexity index is 566. The van der Waals surface area contributed by atoms with Gasteiger partial charge in [-0.15, -0.1) is 0 Å². The molecule has 2 aliphatic rings. The maximum Gasteiger partial charge on any atom is 0.181 e. The maximum atomic E-state index is 13.9. The molecule has 18 heavy (non-hydrogen) atoms. The van der Waals surface area contributed by atoms with Gasteiger partial charge in [-0.25, -0.2) is 12.8 Å². The Hall–Kier alpha value is -0.940. The lowest BCUT2D eigenvalue weighted by atomic mass is 10.0. The molecule has 0 amide bonds. The quantitative estimate of drug-likeness (QED) is 0.895. The standard InChI is InChI=1S/C13H16FNO2S/c14-11-4-1-3-10-12(15-9-6-7-9)5-2-8-18(16,17)13(10)11/h1,3-4,9,12,15H,2,5-8H2. The van der Waals surface area contributed by atoms with Gasteiger partial charge in [0.15, 0.2) is 9.84 Å². The van der Waals surface area contributed by atoms with Crippen molar-refractivity contribution in [3.63, 3.8) is 0 Å². The second-order valence-corrected chi connectivity index (χ2v) is 7.16. The zero-order valence-corrected chi connectivity index (χ0v) is 10.8. The van der Waals surface area contributed by atoms with E-state index in [0.29, 0.717) is 18.0 Å². The van der Waals surface area contributed by atoms with E-state index in [1.807, 2.05) is 0 Å². The van der Waals surface area contributed by atoms with Crippen molar-refractivity contribution in [1.82, 2.24) is 5.32 Å². The Morgan fingerprint density at radius 3 is 2.72 bits per heavy atom. The third-order valence-electron chi connectivity index (χ3n) is 3.60. The first-order valence-corrected chi connectivity index (χ1v) is 8.00. The molecular weight excluding hydrogens is 253 g/mol. The normalized spacial score (nSPS) is 26.4. The first-order valence-electron chi connectivity index (χ1n) is 6.35. The van der Waals surface area contributed by atoms with E-state index in [2.05, 4.69) is 5.32 Å². The first kappa shape index (κ1) is 12.1. The monoisotopic (exact) mass is 269 g/mol. The SMILES string of the molecule is O=S1(=O)CCCC(NC2CC2)c2cccc(F)c21. The van der Waals surface area contributed by atoms with Crippen LogP contribution in [0.4, 0.5) is 4.39 Å². The fraction of sp³-hybridized carbons (Fsp3) is 0.538. The molecule has 1 aromatic rings. The highest BCUT2D eigenvalue weighted by Crippen LogP contribution is 2.35. The number of halogens is 1. The molecule has 1 fully saturated rings. The van der Waals surface area contributed by atoms with Crippen LogP contribution in [-0.4, -0.2) is 20.2 Å². The average molecular weight is 269 g/mol. The van der Waals surface area contributed by atoms with Crippen molar-refractivity contribution in [2.75, 3.05) is 5.75 Å². The fourth-order valence-electron chi connectivity index (χ4n) is 2.57. The van der Waals surface area contributed by atoms with Gasteiger partial charge in [0.25, 0.3) is 0 Å². The predicted octanol–water partition coefficient (Wildman–Crippen LogP) is 2.19. The Labute approximate surface area is 106 Å². The predicted molar refractivity (Wildman–Crippen MR) is 66.6 cm³/mol. The summed E-state index contributed by atoms with van der Waals surface area (Å²) in [5, 5.41) is 3.42. The van der Waals surface area contributed by atoms with E-state index < -0.39 is 15.7 Å². The fourth-order valence-corrected chi connectivity index (χ4v) is 4.26. The number of nitrogens with one attached hydrogen (secondary N) is 1. The van der Waals surface area contributed by atoms with Gasteiger partial charge in [-0.1, -0.05) is 12.1 Å². The van der Waals surface area contributed by atoms with E-state index in [1.54, 1.807) is 12.1 Å². The van der Waals surface area contributed by atoms with Crippen molar-refractivity contribution in [3.8, 4) is 0 Å². The number of hydrogen-bond acceptors (Lipinski definition) is 3. The van der Waals surface area contributed by atoms with Crippen molar-refractivity contribution >= 4 is 9.84 Å². The van der Waals surface area contributed by atoms with Gasteiger partial charge < -0.3 is 5.32 Å². The summed E-state index contributed by atoms with van der Waals surface area (Å²) < 4.78 is 38.1. The Morgan fingerprint density at radius 2 is 2.00 bits per heavy atom. The van der Waals surface area contributed by atoms with Gasteiger partial charge in [-0.05, 0) is 37.3 Å². The third-order valence-corrected chi connectivity index (χ3v) is 5.48. The van der Waals surface area contributed by atoms with Crippen molar-refractivity contribution in [2.45, 2.75) is 42.7 Å². The molecule has 1 aliphatic carbocycles. The molecule has 3 rings (SSSR count). The lowest BCUT2D eigenvalue weighted by Gasteiger charge is -2.18. The summed E-state index contributed by atoms with van der Waals surface area (Å²) in [6, 6.07) is 5.01. The Balaban J connectivity index is 2.09. The summed E-state index contributed by atoms with van der Waals surface area (Å²) in [5.41, 5.74) is 0.611. The summed E-state index contributed by atoms with van der Waals surface area (Å²) in [5.74, 6) is -0.568. The lowest BCUT2D eigenvalue weighted by molar-refractivity contribution is 0.483. The van der Waals surface area contributed by atoms with E-state index in [1.165, 1.54) is 6.07 Å². The van der Waals surface area contributed by atoms with Crippen LogP contribution in [0, 0.1) is 5.82 Å². The van der Waals surface area contributed by atoms with Crippen LogP contribution in [0.3, 0.4) is 0 Å². The summed E-state index contributed by atoms with van der Waals surface area (Å²) in [6.45, 7) is 0. The van der Waals surface area contributed by atoms with Gasteiger partial charge in [0, 0.05) is 12.1 Å². The average Bonchev–Trinajstić information content (AvgIpc) is 3.10. The van der Waals surface area contributed by atoms with Gasteiger partial charge in [0.05, 0.1) is 5.75 Å². The molecule has 1 heterocycles. The van der Waals surface area contributed by atoms with Crippen LogP contribution in [0.15, 0.2) is 23.1 Å². The maximum absolute atomic E-state index is 13.9. The van der Waals surface area contributed by atoms with Gasteiger partial charge in [-0.3, -0.25) is 0 Å². The van der Waals surface area contributed by atoms with E-state index in [-0.39, 0.29) is 16.7 Å². The second-order valence-electron chi connectivity index (χ2n) is 5.11. The molecule has 0 spiro atoms. The molecule has 0 aromatic heterocycles. The molecule has 1 unspecified atom stereocenters. The minimum atomic E-state index is -3.47. The largest absolute Gasteiger partial charge is 0.307 e. The molecular formula is C13H16FNO2S. The van der Waals surface area contributed by atoms with Crippen LogP contribution in [0.2, 0.25) is 0 Å². The minimum absolute atomic E-state index is 0.0273. The molecule has 1 N–H and O–H groups in total. The molecule has 3 nitrogen and oxygen atoms in total. The number of hydrogen-bond donors (Lipinski definition) is 1. The van der Waals surface area contributed by atoms with Gasteiger partial charge >= 0.3 is 0 Å². The van der Waals surface area contributed by atoms with E-state index in [4.69, 9.17) is 0 Å². The van der Waals surface area contributed by atoms with E-state index in [0.717, 1.165) is 19.3 Å². The summed E-state index contributed by atoms with van der Waals surface area (Å²) in [6.07, 6.45) is 3.61. The number of fused-ring (bicyclic) bond motifs is 1. The highest BCUT2D eigenvalue weighted by Gasteiger charge is 2.33. The second kappa shape index (κ2) is 4.31. The molecule has 98 valence electrons. The molecule has 1 aliphatic heterocycles. The molecule has 0 bridgehead atoms. The molecule has 5 heteroatoms. The zero-order chi connectivity index (χ0) is 12.8. The van der Waals surface area contributed by atoms with E-state index >= 15 is 0 Å². The summed E-state index contributed by atoms with van der Waals surface area (Å²) in [7, 11) is -3.47. The van der Waals surface area contributed by atoms with E-state index in [9.17, 15) is 12.8 Å². The highest BCUT2D eigenvalue weighted by atomic mass is 32.2. The van der Waals surface area contributed by atoms with Crippen LogP contribution in [-0.2, 0) is 9.84 Å². The number of benzene rings is 1. The number of sulfone groups is 1. The van der Waals surface area contributed by atoms with Crippen molar-refractivity contribution < 1.29 is 12.8 Å². The Morgan fingerprint density at radius 1 is 1.22 bits per heavy atom. The first-order chi connectivity index (χ1) is 8.58.